The minimum Gasteiger partial charge on any atom is -0.334 e. The monoisotopic (exact) mass is 296 g/mol. The predicted octanol–water partition coefficient (Wildman–Crippen LogP) is 1.85. The normalized spacial score (nSPS) is 24.7. The number of amides is 1. The largest absolute Gasteiger partial charge is 0.334 e. The number of likely N-dealkylation sites (N-methyl/N-ethyl adjacent to an activating group) is 1. The molecular formula is C17H20N4O. The number of rotatable bonds is 2. The summed E-state index contributed by atoms with van der Waals surface area (Å²) in [4.78, 5) is 17.5. The lowest BCUT2D eigenvalue weighted by atomic mass is 10.0. The number of hydrogen-bond acceptors (Lipinski definition) is 3. The summed E-state index contributed by atoms with van der Waals surface area (Å²) >= 11 is 0. The number of nitrogens with zero attached hydrogens (tertiary/aromatic N) is 3. The first-order valence-electron chi connectivity index (χ1n) is 7.82. The Hall–Kier alpha value is -2.14. The fourth-order valence-corrected chi connectivity index (χ4v) is 3.90. The summed E-state index contributed by atoms with van der Waals surface area (Å²) < 4.78 is 0. The lowest BCUT2D eigenvalue weighted by Gasteiger charge is -2.25. The Morgan fingerprint density at radius 1 is 1.32 bits per heavy atom. The molecule has 0 saturated carbocycles. The standard InChI is InChI=1S/C17H20N4O/c1-20-10-12-6-7-21(16(12)11-20)17(22)15-5-3-2-4-14(15)13-8-18-19-9-13/h2-5,8-9,12,16H,6-7,10-11H2,1H3,(H,18,19). The van der Waals surface area contributed by atoms with Crippen molar-refractivity contribution in [1.82, 2.24) is 20.0 Å². The summed E-state index contributed by atoms with van der Waals surface area (Å²) in [6, 6.07) is 8.19. The maximum atomic E-state index is 13.1. The molecule has 114 valence electrons. The Morgan fingerprint density at radius 2 is 2.18 bits per heavy atom. The predicted molar refractivity (Wildman–Crippen MR) is 84.5 cm³/mol. The van der Waals surface area contributed by atoms with E-state index in [0.717, 1.165) is 42.7 Å². The number of carbonyl (C=O) groups is 1. The third-order valence-electron chi connectivity index (χ3n) is 4.96. The van der Waals surface area contributed by atoms with Crippen LogP contribution in [0.15, 0.2) is 36.7 Å². The van der Waals surface area contributed by atoms with Crippen LogP contribution < -0.4 is 0 Å². The summed E-state index contributed by atoms with van der Waals surface area (Å²) in [5, 5.41) is 6.83. The molecular weight excluding hydrogens is 276 g/mol. The molecule has 0 radical (unpaired) electrons. The van der Waals surface area contributed by atoms with Gasteiger partial charge in [-0.3, -0.25) is 9.89 Å². The van der Waals surface area contributed by atoms with E-state index in [1.807, 2.05) is 30.5 Å². The van der Waals surface area contributed by atoms with Crippen LogP contribution in [0.25, 0.3) is 11.1 Å². The van der Waals surface area contributed by atoms with Gasteiger partial charge in [0.1, 0.15) is 0 Å². The fourth-order valence-electron chi connectivity index (χ4n) is 3.90. The van der Waals surface area contributed by atoms with Crippen LogP contribution in [-0.4, -0.2) is 58.6 Å². The Morgan fingerprint density at radius 3 is 3.00 bits per heavy atom. The Balaban J connectivity index is 1.67. The van der Waals surface area contributed by atoms with Gasteiger partial charge in [-0.25, -0.2) is 0 Å². The molecule has 0 aliphatic carbocycles. The number of aromatic nitrogens is 2. The first-order chi connectivity index (χ1) is 10.7. The van der Waals surface area contributed by atoms with Crippen LogP contribution in [-0.2, 0) is 0 Å². The van der Waals surface area contributed by atoms with Gasteiger partial charge in [-0.15, -0.1) is 0 Å². The van der Waals surface area contributed by atoms with Gasteiger partial charge in [-0.05, 0) is 31.0 Å². The van der Waals surface area contributed by atoms with E-state index in [9.17, 15) is 4.79 Å². The number of likely N-dealkylation sites (tertiary alicyclic amines) is 2. The van der Waals surface area contributed by atoms with Crippen LogP contribution in [0.1, 0.15) is 16.8 Å². The minimum atomic E-state index is 0.152. The van der Waals surface area contributed by atoms with Crippen molar-refractivity contribution >= 4 is 5.91 Å². The molecule has 2 fully saturated rings. The van der Waals surface area contributed by atoms with Crippen molar-refractivity contribution in [3.05, 3.63) is 42.2 Å². The van der Waals surface area contributed by atoms with Gasteiger partial charge in [0.25, 0.3) is 5.91 Å². The zero-order valence-electron chi connectivity index (χ0n) is 12.7. The van der Waals surface area contributed by atoms with Crippen molar-refractivity contribution in [3.63, 3.8) is 0 Å². The average molecular weight is 296 g/mol. The van der Waals surface area contributed by atoms with Crippen LogP contribution in [0.4, 0.5) is 0 Å². The van der Waals surface area contributed by atoms with Gasteiger partial charge in [0.05, 0.1) is 6.20 Å². The molecule has 2 aliphatic rings. The number of nitrogens with one attached hydrogen (secondary N) is 1. The summed E-state index contributed by atoms with van der Waals surface area (Å²) in [6.45, 7) is 2.98. The Kier molecular flexibility index (Phi) is 3.22. The van der Waals surface area contributed by atoms with Crippen molar-refractivity contribution in [3.8, 4) is 11.1 Å². The Labute approximate surface area is 129 Å². The van der Waals surface area contributed by atoms with E-state index in [-0.39, 0.29) is 5.91 Å². The molecule has 1 aromatic heterocycles. The second-order valence-corrected chi connectivity index (χ2v) is 6.37. The minimum absolute atomic E-state index is 0.152. The number of carbonyl (C=O) groups excluding carboxylic acids is 1. The van der Waals surface area contributed by atoms with E-state index in [4.69, 9.17) is 0 Å². The van der Waals surface area contributed by atoms with Gasteiger partial charge in [-0.1, -0.05) is 18.2 Å². The second-order valence-electron chi connectivity index (χ2n) is 6.37. The smallest absolute Gasteiger partial charge is 0.254 e. The summed E-state index contributed by atoms with van der Waals surface area (Å²) in [5.41, 5.74) is 2.69. The number of benzene rings is 1. The fraction of sp³-hybridized carbons (Fsp3) is 0.412. The average Bonchev–Trinajstić information content (AvgIpc) is 3.23. The number of aromatic amines is 1. The Bertz CT molecular complexity index is 682. The molecule has 2 aromatic rings. The van der Waals surface area contributed by atoms with E-state index in [2.05, 4.69) is 27.0 Å². The molecule has 4 rings (SSSR count). The lowest BCUT2D eigenvalue weighted by molar-refractivity contribution is 0.0730. The maximum absolute atomic E-state index is 13.1. The van der Waals surface area contributed by atoms with Crippen molar-refractivity contribution in [2.75, 3.05) is 26.7 Å². The van der Waals surface area contributed by atoms with E-state index < -0.39 is 0 Å². The van der Waals surface area contributed by atoms with Crippen LogP contribution in [0.3, 0.4) is 0 Å². The van der Waals surface area contributed by atoms with Gasteiger partial charge in [0.2, 0.25) is 0 Å². The lowest BCUT2D eigenvalue weighted by Crippen LogP contribution is -2.39. The van der Waals surface area contributed by atoms with Crippen LogP contribution in [0.2, 0.25) is 0 Å². The highest BCUT2D eigenvalue weighted by molar-refractivity contribution is 6.01. The molecule has 22 heavy (non-hydrogen) atoms. The van der Waals surface area contributed by atoms with Crippen molar-refractivity contribution in [1.29, 1.82) is 0 Å². The highest BCUT2D eigenvalue weighted by Gasteiger charge is 2.42. The summed E-state index contributed by atoms with van der Waals surface area (Å²) in [6.07, 6.45) is 4.72. The van der Waals surface area contributed by atoms with E-state index in [0.29, 0.717) is 12.0 Å². The van der Waals surface area contributed by atoms with Crippen LogP contribution >= 0.6 is 0 Å². The van der Waals surface area contributed by atoms with E-state index >= 15 is 0 Å². The van der Waals surface area contributed by atoms with Gasteiger partial charge in [0.15, 0.2) is 0 Å². The van der Waals surface area contributed by atoms with Gasteiger partial charge < -0.3 is 9.80 Å². The van der Waals surface area contributed by atoms with Crippen LogP contribution in [0, 0.1) is 5.92 Å². The summed E-state index contributed by atoms with van der Waals surface area (Å²) in [5.74, 6) is 0.787. The first kappa shape index (κ1) is 13.5. The zero-order valence-corrected chi connectivity index (χ0v) is 12.7. The molecule has 1 amide bonds. The molecule has 2 aliphatic heterocycles. The van der Waals surface area contributed by atoms with E-state index in [1.54, 1.807) is 6.20 Å². The molecule has 2 atom stereocenters. The first-order valence-corrected chi connectivity index (χ1v) is 7.82. The molecule has 2 unspecified atom stereocenters. The quantitative estimate of drug-likeness (QED) is 0.920. The third kappa shape index (κ3) is 2.13. The number of hydrogen-bond donors (Lipinski definition) is 1. The number of fused-ring (bicyclic) bond motifs is 1. The van der Waals surface area contributed by atoms with Crippen molar-refractivity contribution < 1.29 is 4.79 Å². The van der Waals surface area contributed by atoms with Gasteiger partial charge in [0, 0.05) is 43.0 Å². The van der Waals surface area contributed by atoms with Crippen molar-refractivity contribution in [2.24, 2.45) is 5.92 Å². The molecule has 5 nitrogen and oxygen atoms in total. The zero-order chi connectivity index (χ0) is 15.1. The highest BCUT2D eigenvalue weighted by Crippen LogP contribution is 2.33. The molecule has 1 aromatic carbocycles. The molecule has 3 heterocycles. The van der Waals surface area contributed by atoms with Crippen molar-refractivity contribution in [2.45, 2.75) is 12.5 Å². The van der Waals surface area contributed by atoms with Crippen LogP contribution in [0.5, 0.6) is 0 Å². The third-order valence-corrected chi connectivity index (χ3v) is 4.96. The molecule has 2 saturated heterocycles. The molecule has 0 spiro atoms. The van der Waals surface area contributed by atoms with Gasteiger partial charge in [-0.2, -0.15) is 5.10 Å². The van der Waals surface area contributed by atoms with Gasteiger partial charge >= 0.3 is 0 Å². The molecule has 5 heteroatoms. The molecule has 1 N–H and O–H groups in total. The molecule has 0 bridgehead atoms. The summed E-state index contributed by atoms with van der Waals surface area (Å²) in [7, 11) is 2.14. The second kappa shape index (κ2) is 5.25. The maximum Gasteiger partial charge on any atom is 0.254 e. The SMILES string of the molecule is CN1CC2CCN(C(=O)c3ccccc3-c3cn[nH]c3)C2C1. The highest BCUT2D eigenvalue weighted by atomic mass is 16.2. The number of H-pyrrole nitrogens is 1. The van der Waals surface area contributed by atoms with E-state index in [1.165, 1.54) is 0 Å². The topological polar surface area (TPSA) is 52.2 Å².